The molecule has 0 radical (unpaired) electrons. The molecule has 112 valence electrons. The van der Waals surface area contributed by atoms with Crippen molar-refractivity contribution in [2.24, 2.45) is 11.8 Å². The Morgan fingerprint density at radius 3 is 2.14 bits per heavy atom. The zero-order valence-electron chi connectivity index (χ0n) is 12.0. The van der Waals surface area contributed by atoms with Crippen molar-refractivity contribution in [3.05, 3.63) is 39.9 Å². The molecule has 1 aliphatic rings. The Morgan fingerprint density at radius 2 is 1.62 bits per heavy atom. The van der Waals surface area contributed by atoms with E-state index in [1.807, 2.05) is 26.0 Å². The predicted octanol–water partition coefficient (Wildman–Crippen LogP) is 2.50. The summed E-state index contributed by atoms with van der Waals surface area (Å²) in [7, 11) is 0. The molecule has 5 heteroatoms. The van der Waals surface area contributed by atoms with Crippen LogP contribution in [0.4, 0.5) is 5.69 Å². The average molecular weight is 351 g/mol. The van der Waals surface area contributed by atoms with E-state index in [-0.39, 0.29) is 5.91 Å². The van der Waals surface area contributed by atoms with Crippen LogP contribution in [-0.4, -0.2) is 11.9 Å². The molecule has 0 spiro atoms. The van der Waals surface area contributed by atoms with Gasteiger partial charge in [0.15, 0.2) is 0 Å². The number of carbonyl (C=O) groups is 2. The number of carboxylic acid groups (broad SMARTS) is 1. The molecule has 0 bridgehead atoms. The summed E-state index contributed by atoms with van der Waals surface area (Å²) < 4.78 is 0.917. The summed E-state index contributed by atoms with van der Waals surface area (Å²) in [6, 6.07) is 7.18. The summed E-state index contributed by atoms with van der Waals surface area (Å²) in [5, 5.41) is 14.1. The lowest BCUT2D eigenvalue weighted by molar-refractivity contribution is -0.313. The third kappa shape index (κ3) is 3.73. The van der Waals surface area contributed by atoms with Crippen LogP contribution in [0.5, 0.6) is 0 Å². The summed E-state index contributed by atoms with van der Waals surface area (Å²) in [5.74, 6) is -2.76. The van der Waals surface area contributed by atoms with E-state index >= 15 is 0 Å². The molecule has 0 fully saturated rings. The number of carbonyl (C=O) groups excluding carboxylic acids is 2. The van der Waals surface area contributed by atoms with E-state index in [2.05, 4.69) is 21.2 Å². The number of amides is 1. The zero-order valence-corrected chi connectivity index (χ0v) is 13.6. The quantitative estimate of drug-likeness (QED) is 0.851. The minimum absolute atomic E-state index is 0.265. The fourth-order valence-electron chi connectivity index (χ4n) is 2.58. The van der Waals surface area contributed by atoms with E-state index in [0.717, 1.165) is 15.6 Å². The molecular formula is C16H17BrNO3-. The average Bonchev–Trinajstić information content (AvgIpc) is 2.43. The molecule has 0 aromatic heterocycles. The van der Waals surface area contributed by atoms with E-state index in [0.29, 0.717) is 18.5 Å². The third-order valence-corrected chi connectivity index (χ3v) is 4.55. The summed E-state index contributed by atoms with van der Waals surface area (Å²) >= 11 is 3.33. The van der Waals surface area contributed by atoms with Crippen LogP contribution >= 0.6 is 15.9 Å². The van der Waals surface area contributed by atoms with Gasteiger partial charge in [-0.15, -0.1) is 0 Å². The molecule has 1 amide bonds. The number of aliphatic carboxylic acids is 1. The van der Waals surface area contributed by atoms with E-state index in [4.69, 9.17) is 0 Å². The number of hydrogen-bond acceptors (Lipinski definition) is 3. The van der Waals surface area contributed by atoms with Crippen molar-refractivity contribution in [3.8, 4) is 0 Å². The maximum absolute atomic E-state index is 12.4. The number of nitrogens with one attached hydrogen (secondary N) is 1. The highest BCUT2D eigenvalue weighted by Gasteiger charge is 2.33. The number of carboxylic acids is 1. The van der Waals surface area contributed by atoms with Crippen LogP contribution < -0.4 is 10.4 Å². The Morgan fingerprint density at radius 1 is 1.10 bits per heavy atom. The highest BCUT2D eigenvalue weighted by Crippen LogP contribution is 2.34. The second kappa shape index (κ2) is 6.43. The van der Waals surface area contributed by atoms with Crippen LogP contribution in [0.2, 0.25) is 0 Å². The number of rotatable bonds is 3. The van der Waals surface area contributed by atoms with Crippen molar-refractivity contribution in [1.82, 2.24) is 0 Å². The minimum atomic E-state index is -1.15. The molecule has 2 unspecified atom stereocenters. The molecule has 0 heterocycles. The minimum Gasteiger partial charge on any atom is -0.550 e. The topological polar surface area (TPSA) is 69.2 Å². The van der Waals surface area contributed by atoms with Crippen molar-refractivity contribution in [2.45, 2.75) is 26.7 Å². The summed E-state index contributed by atoms with van der Waals surface area (Å²) in [4.78, 5) is 23.7. The lowest BCUT2D eigenvalue weighted by Gasteiger charge is -2.32. The maximum Gasteiger partial charge on any atom is 0.228 e. The molecule has 0 saturated carbocycles. The van der Waals surface area contributed by atoms with Gasteiger partial charge < -0.3 is 15.2 Å². The monoisotopic (exact) mass is 350 g/mol. The number of allylic oxidation sites excluding steroid dienone is 2. The fourth-order valence-corrected chi connectivity index (χ4v) is 2.85. The van der Waals surface area contributed by atoms with Gasteiger partial charge in [0, 0.05) is 22.0 Å². The highest BCUT2D eigenvalue weighted by molar-refractivity contribution is 9.10. The predicted molar refractivity (Wildman–Crippen MR) is 82.4 cm³/mol. The largest absolute Gasteiger partial charge is 0.550 e. The van der Waals surface area contributed by atoms with Gasteiger partial charge in [-0.1, -0.05) is 27.1 Å². The zero-order chi connectivity index (χ0) is 15.6. The summed E-state index contributed by atoms with van der Waals surface area (Å²) in [6.45, 7) is 3.86. The Kier molecular flexibility index (Phi) is 4.83. The first kappa shape index (κ1) is 15.8. The second-order valence-electron chi connectivity index (χ2n) is 5.50. The van der Waals surface area contributed by atoms with Crippen molar-refractivity contribution in [2.75, 3.05) is 5.32 Å². The standard InChI is InChI=1S/C16H18BrNO3/c1-9-7-13(14(16(20)21)8-10(9)2)15(19)18-12-5-3-11(17)4-6-12/h3-6,13-14H,7-8H2,1-2H3,(H,18,19)(H,20,21)/p-1. The molecule has 1 aromatic rings. The fraction of sp³-hybridized carbons (Fsp3) is 0.375. The summed E-state index contributed by atoms with van der Waals surface area (Å²) in [6.07, 6.45) is 0.847. The molecule has 0 aliphatic heterocycles. The first-order valence-corrected chi connectivity index (χ1v) is 7.60. The molecule has 2 atom stereocenters. The Balaban J connectivity index is 2.16. The van der Waals surface area contributed by atoms with Crippen molar-refractivity contribution in [1.29, 1.82) is 0 Å². The SMILES string of the molecule is CC1=C(C)CC(C(=O)Nc2ccc(Br)cc2)C(C(=O)[O-])C1. The van der Waals surface area contributed by atoms with Crippen LogP contribution in [0.25, 0.3) is 0 Å². The number of hydrogen-bond donors (Lipinski definition) is 1. The molecule has 4 nitrogen and oxygen atoms in total. The van der Waals surface area contributed by atoms with Gasteiger partial charge in [0.2, 0.25) is 5.91 Å². The van der Waals surface area contributed by atoms with Gasteiger partial charge in [-0.05, 0) is 51.0 Å². The van der Waals surface area contributed by atoms with Crippen molar-refractivity contribution >= 4 is 33.5 Å². The lowest BCUT2D eigenvalue weighted by atomic mass is 9.76. The summed E-state index contributed by atoms with van der Waals surface area (Å²) in [5.41, 5.74) is 2.78. The molecule has 0 saturated heterocycles. The molecule has 2 rings (SSSR count). The Labute approximate surface area is 132 Å². The normalized spacial score (nSPS) is 22.0. The smallest absolute Gasteiger partial charge is 0.228 e. The maximum atomic E-state index is 12.4. The third-order valence-electron chi connectivity index (χ3n) is 4.02. The van der Waals surface area contributed by atoms with Crippen LogP contribution in [0, 0.1) is 11.8 Å². The first-order valence-electron chi connectivity index (χ1n) is 6.81. The number of halogens is 1. The Hall–Kier alpha value is -1.62. The van der Waals surface area contributed by atoms with Crippen LogP contribution in [0.15, 0.2) is 39.9 Å². The van der Waals surface area contributed by atoms with Gasteiger partial charge in [-0.2, -0.15) is 0 Å². The van der Waals surface area contributed by atoms with Gasteiger partial charge in [-0.3, -0.25) is 4.79 Å². The van der Waals surface area contributed by atoms with Crippen molar-refractivity contribution in [3.63, 3.8) is 0 Å². The van der Waals surface area contributed by atoms with Gasteiger partial charge in [0.25, 0.3) is 0 Å². The van der Waals surface area contributed by atoms with Gasteiger partial charge >= 0.3 is 0 Å². The first-order chi connectivity index (χ1) is 9.88. The molecule has 1 aliphatic carbocycles. The molecule has 21 heavy (non-hydrogen) atoms. The molecular weight excluding hydrogens is 334 g/mol. The highest BCUT2D eigenvalue weighted by atomic mass is 79.9. The number of benzene rings is 1. The molecule has 1 aromatic carbocycles. The van der Waals surface area contributed by atoms with Gasteiger partial charge in [0.1, 0.15) is 0 Å². The van der Waals surface area contributed by atoms with E-state index in [1.165, 1.54) is 0 Å². The Bertz CT molecular complexity index is 592. The second-order valence-corrected chi connectivity index (χ2v) is 6.41. The van der Waals surface area contributed by atoms with Gasteiger partial charge in [-0.25, -0.2) is 0 Å². The van der Waals surface area contributed by atoms with E-state index in [1.54, 1.807) is 12.1 Å². The van der Waals surface area contributed by atoms with Crippen molar-refractivity contribution < 1.29 is 14.7 Å². The van der Waals surface area contributed by atoms with Crippen LogP contribution in [0.1, 0.15) is 26.7 Å². The lowest BCUT2D eigenvalue weighted by Crippen LogP contribution is -2.42. The molecule has 1 N–H and O–H groups in total. The van der Waals surface area contributed by atoms with Gasteiger partial charge in [0.05, 0.1) is 5.92 Å². The van der Waals surface area contributed by atoms with Crippen LogP contribution in [-0.2, 0) is 9.59 Å². The number of anilines is 1. The van der Waals surface area contributed by atoms with Crippen LogP contribution in [0.3, 0.4) is 0 Å². The van der Waals surface area contributed by atoms with E-state index in [9.17, 15) is 14.7 Å². The van der Waals surface area contributed by atoms with E-state index < -0.39 is 17.8 Å².